The summed E-state index contributed by atoms with van der Waals surface area (Å²) in [5, 5.41) is 5.31. The smallest absolute Gasteiger partial charge is 0.221 e. The van der Waals surface area contributed by atoms with Gasteiger partial charge in [0, 0.05) is 38.2 Å². The predicted molar refractivity (Wildman–Crippen MR) is 210 cm³/mol. The summed E-state index contributed by atoms with van der Waals surface area (Å²) in [7, 11) is 0. The molecule has 7 nitrogen and oxygen atoms in total. The van der Waals surface area contributed by atoms with Crippen molar-refractivity contribution in [1.82, 2.24) is 33.9 Å². The Morgan fingerprint density at radius 3 is 1.62 bits per heavy atom. The van der Waals surface area contributed by atoms with Gasteiger partial charge in [-0.2, -0.15) is 0 Å². The highest BCUT2D eigenvalue weighted by atomic mass is 15.2. The van der Waals surface area contributed by atoms with Crippen LogP contribution in [-0.4, -0.2) is 33.9 Å². The van der Waals surface area contributed by atoms with Crippen LogP contribution in [0.3, 0.4) is 0 Å². The minimum Gasteiger partial charge on any atom is -0.278 e. The second kappa shape index (κ2) is 11.1. The molecule has 0 aliphatic heterocycles. The van der Waals surface area contributed by atoms with Crippen molar-refractivity contribution in [1.29, 1.82) is 0 Å². The lowest BCUT2D eigenvalue weighted by molar-refractivity contribution is 0.982. The van der Waals surface area contributed by atoms with E-state index in [1.54, 1.807) is 0 Å². The summed E-state index contributed by atoms with van der Waals surface area (Å²) in [6.45, 7) is 0. The van der Waals surface area contributed by atoms with Crippen LogP contribution in [0.2, 0.25) is 0 Å². The second-order valence-electron chi connectivity index (χ2n) is 12.9. The molecular formula is C45H27N7. The SMILES string of the molecule is c1ccc(-c2nc(-c3ccccc3)nc(-c3cc4c5ccccc5n(-c5nc6ccccc6c6nc7ccccc7n56)c4c4ccccc34)n2)cc1. The maximum absolute atomic E-state index is 5.40. The van der Waals surface area contributed by atoms with Crippen molar-refractivity contribution in [2.75, 3.05) is 0 Å². The Balaban J connectivity index is 1.28. The average molecular weight is 666 g/mol. The fourth-order valence-electron chi connectivity index (χ4n) is 7.62. The topological polar surface area (TPSA) is 73.8 Å². The van der Waals surface area contributed by atoms with E-state index < -0.39 is 0 Å². The van der Waals surface area contributed by atoms with Gasteiger partial charge in [-0.15, -0.1) is 0 Å². The molecule has 0 aliphatic rings. The zero-order valence-corrected chi connectivity index (χ0v) is 27.7. The van der Waals surface area contributed by atoms with E-state index in [0.717, 1.165) is 82.8 Å². The van der Waals surface area contributed by atoms with Gasteiger partial charge >= 0.3 is 0 Å². The van der Waals surface area contributed by atoms with Crippen molar-refractivity contribution in [2.45, 2.75) is 0 Å². The Morgan fingerprint density at radius 1 is 0.365 bits per heavy atom. The molecule has 0 aliphatic carbocycles. The Morgan fingerprint density at radius 2 is 0.904 bits per heavy atom. The van der Waals surface area contributed by atoms with E-state index >= 15 is 0 Å². The summed E-state index contributed by atoms with van der Waals surface area (Å²) < 4.78 is 4.51. The highest BCUT2D eigenvalue weighted by Crippen LogP contribution is 2.41. The molecule has 0 bridgehead atoms. The molecule has 0 saturated heterocycles. The largest absolute Gasteiger partial charge is 0.278 e. The van der Waals surface area contributed by atoms with Crippen molar-refractivity contribution in [3.8, 4) is 40.1 Å². The first kappa shape index (κ1) is 28.6. The maximum Gasteiger partial charge on any atom is 0.221 e. The van der Waals surface area contributed by atoms with Gasteiger partial charge in [-0.25, -0.2) is 24.9 Å². The third kappa shape index (κ3) is 4.23. The van der Waals surface area contributed by atoms with Gasteiger partial charge in [0.1, 0.15) is 5.65 Å². The van der Waals surface area contributed by atoms with E-state index in [1.165, 1.54) is 0 Å². The summed E-state index contributed by atoms with van der Waals surface area (Å²) in [5.74, 6) is 2.66. The van der Waals surface area contributed by atoms with E-state index in [9.17, 15) is 0 Å². The third-order valence-electron chi connectivity index (χ3n) is 9.94. The van der Waals surface area contributed by atoms with E-state index in [4.69, 9.17) is 24.9 Å². The Kier molecular flexibility index (Phi) is 6.12. The zero-order chi connectivity index (χ0) is 34.2. The summed E-state index contributed by atoms with van der Waals surface area (Å²) in [6, 6.07) is 56.1. The average Bonchev–Trinajstić information content (AvgIpc) is 3.78. The van der Waals surface area contributed by atoms with Crippen molar-refractivity contribution in [3.63, 3.8) is 0 Å². The molecule has 0 N–H and O–H groups in total. The molecule has 0 radical (unpaired) electrons. The monoisotopic (exact) mass is 665 g/mol. The van der Waals surface area contributed by atoms with Crippen molar-refractivity contribution in [2.24, 2.45) is 0 Å². The highest BCUT2D eigenvalue weighted by Gasteiger charge is 2.23. The number of hydrogen-bond donors (Lipinski definition) is 0. The van der Waals surface area contributed by atoms with Crippen molar-refractivity contribution >= 4 is 60.2 Å². The summed E-state index contributed by atoms with van der Waals surface area (Å²) in [6.07, 6.45) is 0. The van der Waals surface area contributed by atoms with Gasteiger partial charge in [0.25, 0.3) is 0 Å². The quantitative estimate of drug-likeness (QED) is 0.187. The minimum atomic E-state index is 0.620. The molecule has 0 amide bonds. The van der Waals surface area contributed by atoms with Crippen LogP contribution < -0.4 is 0 Å². The molecule has 7 heteroatoms. The molecule has 0 fully saturated rings. The van der Waals surface area contributed by atoms with Crippen LogP contribution in [0.5, 0.6) is 0 Å². The standard InChI is InChI=1S/C45H27N7/c1-3-15-28(16-4-1)41-48-42(29-17-5-2-6-18-29)50-43(49-41)35-27-34-31-20-10-13-25-38(31)51(40(34)32-21-8-7-19-30(32)35)45-47-36-23-11-9-22-33(36)44-46-37-24-12-14-26-39(37)52(44)45/h1-27H. The molecule has 4 aromatic heterocycles. The van der Waals surface area contributed by atoms with Crippen molar-refractivity contribution in [3.05, 3.63) is 164 Å². The van der Waals surface area contributed by atoms with E-state index in [1.807, 2.05) is 78.9 Å². The van der Waals surface area contributed by atoms with Gasteiger partial charge in [-0.1, -0.05) is 127 Å². The van der Waals surface area contributed by atoms with Crippen LogP contribution in [0.15, 0.2) is 164 Å². The number of benzene rings is 7. The van der Waals surface area contributed by atoms with E-state index in [2.05, 4.69) is 93.9 Å². The molecule has 0 unspecified atom stereocenters. The molecule has 11 aromatic rings. The zero-order valence-electron chi connectivity index (χ0n) is 27.7. The first-order valence-electron chi connectivity index (χ1n) is 17.3. The Labute approximate surface area is 297 Å². The molecule has 11 rings (SSSR count). The summed E-state index contributed by atoms with van der Waals surface area (Å²) in [5.41, 5.74) is 8.61. The minimum absolute atomic E-state index is 0.620. The summed E-state index contributed by atoms with van der Waals surface area (Å²) in [4.78, 5) is 25.8. The fourth-order valence-corrected chi connectivity index (χ4v) is 7.62. The van der Waals surface area contributed by atoms with Gasteiger partial charge < -0.3 is 0 Å². The fraction of sp³-hybridized carbons (Fsp3) is 0. The third-order valence-corrected chi connectivity index (χ3v) is 9.94. The normalized spacial score (nSPS) is 11.8. The van der Waals surface area contributed by atoms with Gasteiger partial charge in [0.15, 0.2) is 17.5 Å². The molecule has 7 aromatic carbocycles. The van der Waals surface area contributed by atoms with E-state index in [0.29, 0.717) is 17.5 Å². The highest BCUT2D eigenvalue weighted by molar-refractivity contribution is 6.21. The van der Waals surface area contributed by atoms with Crippen LogP contribution in [0.4, 0.5) is 0 Å². The summed E-state index contributed by atoms with van der Waals surface area (Å²) >= 11 is 0. The lowest BCUT2D eigenvalue weighted by Crippen LogP contribution is -2.06. The van der Waals surface area contributed by atoms with Gasteiger partial charge in [-0.3, -0.25) is 8.97 Å². The van der Waals surface area contributed by atoms with Crippen LogP contribution >= 0.6 is 0 Å². The van der Waals surface area contributed by atoms with Crippen LogP contribution in [0, 0.1) is 0 Å². The predicted octanol–water partition coefficient (Wildman–Crippen LogP) is 10.5. The molecule has 242 valence electrons. The van der Waals surface area contributed by atoms with Gasteiger partial charge in [0.05, 0.1) is 27.6 Å². The number of rotatable bonds is 4. The molecule has 0 spiro atoms. The number of fused-ring (bicyclic) bond motifs is 10. The Hall–Kier alpha value is -7.25. The Bertz CT molecular complexity index is 3120. The van der Waals surface area contributed by atoms with Crippen molar-refractivity contribution < 1.29 is 0 Å². The number of hydrogen-bond acceptors (Lipinski definition) is 5. The first-order chi connectivity index (χ1) is 25.8. The maximum atomic E-state index is 5.40. The van der Waals surface area contributed by atoms with Gasteiger partial charge in [0.2, 0.25) is 5.95 Å². The molecule has 0 saturated carbocycles. The van der Waals surface area contributed by atoms with Gasteiger partial charge in [-0.05, 0) is 41.8 Å². The van der Waals surface area contributed by atoms with Crippen LogP contribution in [-0.2, 0) is 0 Å². The number of imidazole rings is 1. The lowest BCUT2D eigenvalue weighted by Gasteiger charge is -2.15. The van der Waals surface area contributed by atoms with E-state index in [-0.39, 0.29) is 0 Å². The molecule has 52 heavy (non-hydrogen) atoms. The number of nitrogens with zero attached hydrogens (tertiary/aromatic N) is 7. The molecule has 4 heterocycles. The van der Waals surface area contributed by atoms with Crippen LogP contribution in [0.1, 0.15) is 0 Å². The molecule has 0 atom stereocenters. The second-order valence-corrected chi connectivity index (χ2v) is 12.9. The number of para-hydroxylation sites is 4. The van der Waals surface area contributed by atoms with Crippen LogP contribution in [0.25, 0.3) is 100 Å². The first-order valence-corrected chi connectivity index (χ1v) is 17.3. The lowest BCUT2D eigenvalue weighted by atomic mass is 9.99. The molecular weight excluding hydrogens is 639 g/mol. The number of aromatic nitrogens is 7.